The van der Waals surface area contributed by atoms with Gasteiger partial charge in [0.25, 0.3) is 0 Å². The maximum Gasteiger partial charge on any atom is 0.335 e. The molecule has 0 aliphatic rings. The molecule has 24 heavy (non-hydrogen) atoms. The summed E-state index contributed by atoms with van der Waals surface area (Å²) in [6.45, 7) is 0. The lowest BCUT2D eigenvalue weighted by Crippen LogP contribution is -1.95. The number of hydrogen-bond donors (Lipinski definition) is 1. The second kappa shape index (κ2) is 5.66. The van der Waals surface area contributed by atoms with E-state index in [9.17, 15) is 4.79 Å². The van der Waals surface area contributed by atoms with E-state index < -0.39 is 5.97 Å². The second-order valence-electron chi connectivity index (χ2n) is 5.45. The molecule has 0 bridgehead atoms. The van der Waals surface area contributed by atoms with Crippen LogP contribution in [0.4, 0.5) is 0 Å². The summed E-state index contributed by atoms with van der Waals surface area (Å²) < 4.78 is 5.78. The number of fused-ring (bicyclic) bond motifs is 1. The van der Waals surface area contributed by atoms with Crippen molar-refractivity contribution in [2.24, 2.45) is 0 Å². The van der Waals surface area contributed by atoms with Gasteiger partial charge in [0.1, 0.15) is 5.52 Å². The minimum absolute atomic E-state index is 0.208. The van der Waals surface area contributed by atoms with E-state index in [1.165, 1.54) is 0 Å². The van der Waals surface area contributed by atoms with E-state index in [4.69, 9.17) is 9.52 Å². The quantitative estimate of drug-likeness (QED) is 0.586. The SMILES string of the molecule is O=C(O)c1cccc(-c2nc3cc(-c4ccccc4)ccc3o2)c1. The Labute approximate surface area is 138 Å². The van der Waals surface area contributed by atoms with E-state index in [0.717, 1.165) is 16.6 Å². The molecule has 0 saturated heterocycles. The lowest BCUT2D eigenvalue weighted by Gasteiger charge is -1.99. The molecule has 0 atom stereocenters. The van der Waals surface area contributed by atoms with E-state index in [2.05, 4.69) is 4.98 Å². The van der Waals surface area contributed by atoms with Gasteiger partial charge in [0.2, 0.25) is 5.89 Å². The van der Waals surface area contributed by atoms with Crippen LogP contribution in [0.15, 0.2) is 77.2 Å². The largest absolute Gasteiger partial charge is 0.478 e. The van der Waals surface area contributed by atoms with Crippen molar-refractivity contribution in [1.82, 2.24) is 4.98 Å². The molecule has 1 aromatic heterocycles. The van der Waals surface area contributed by atoms with Gasteiger partial charge in [-0.15, -0.1) is 0 Å². The number of nitrogens with zero attached hydrogens (tertiary/aromatic N) is 1. The van der Waals surface area contributed by atoms with Crippen molar-refractivity contribution < 1.29 is 14.3 Å². The number of carboxylic acids is 1. The Morgan fingerprint density at radius 2 is 1.62 bits per heavy atom. The molecule has 0 aliphatic heterocycles. The number of aromatic carboxylic acids is 1. The Morgan fingerprint density at radius 1 is 0.833 bits per heavy atom. The van der Waals surface area contributed by atoms with Crippen molar-refractivity contribution >= 4 is 17.1 Å². The number of hydrogen-bond acceptors (Lipinski definition) is 3. The van der Waals surface area contributed by atoms with Crippen LogP contribution in [0.5, 0.6) is 0 Å². The van der Waals surface area contributed by atoms with Crippen LogP contribution >= 0.6 is 0 Å². The number of carboxylic acid groups (broad SMARTS) is 1. The Bertz CT molecular complexity index is 1040. The van der Waals surface area contributed by atoms with Crippen LogP contribution in [0.1, 0.15) is 10.4 Å². The zero-order chi connectivity index (χ0) is 16.5. The molecule has 3 aromatic carbocycles. The molecular formula is C20H13NO3. The molecule has 4 nitrogen and oxygen atoms in total. The molecule has 1 N–H and O–H groups in total. The van der Waals surface area contributed by atoms with Gasteiger partial charge in [-0.2, -0.15) is 0 Å². The first kappa shape index (κ1) is 14.2. The second-order valence-corrected chi connectivity index (χ2v) is 5.45. The molecule has 0 aliphatic carbocycles. The molecule has 0 amide bonds. The van der Waals surface area contributed by atoms with Gasteiger partial charge in [-0.1, -0.05) is 42.5 Å². The van der Waals surface area contributed by atoms with E-state index in [-0.39, 0.29) is 5.56 Å². The monoisotopic (exact) mass is 315 g/mol. The highest BCUT2D eigenvalue weighted by atomic mass is 16.4. The number of rotatable bonds is 3. The lowest BCUT2D eigenvalue weighted by molar-refractivity contribution is 0.0697. The molecule has 4 heteroatoms. The molecule has 0 saturated carbocycles. The zero-order valence-electron chi connectivity index (χ0n) is 12.6. The molecule has 0 spiro atoms. The number of benzene rings is 3. The van der Waals surface area contributed by atoms with Crippen LogP contribution < -0.4 is 0 Å². The maximum absolute atomic E-state index is 11.1. The van der Waals surface area contributed by atoms with Crippen molar-refractivity contribution in [2.45, 2.75) is 0 Å². The third-order valence-corrected chi connectivity index (χ3v) is 3.85. The molecule has 116 valence electrons. The van der Waals surface area contributed by atoms with Crippen molar-refractivity contribution in [3.63, 3.8) is 0 Å². The number of carbonyl (C=O) groups is 1. The van der Waals surface area contributed by atoms with Crippen LogP contribution in [0.2, 0.25) is 0 Å². The van der Waals surface area contributed by atoms with Crippen molar-refractivity contribution in [3.8, 4) is 22.6 Å². The first-order valence-electron chi connectivity index (χ1n) is 7.50. The van der Waals surface area contributed by atoms with Gasteiger partial charge in [-0.3, -0.25) is 0 Å². The van der Waals surface area contributed by atoms with Crippen LogP contribution in [0.25, 0.3) is 33.7 Å². The fourth-order valence-corrected chi connectivity index (χ4v) is 2.65. The molecule has 1 heterocycles. The Morgan fingerprint density at radius 3 is 2.42 bits per heavy atom. The highest BCUT2D eigenvalue weighted by molar-refractivity contribution is 5.89. The summed E-state index contributed by atoms with van der Waals surface area (Å²) in [5, 5.41) is 9.11. The Kier molecular flexibility index (Phi) is 3.35. The van der Waals surface area contributed by atoms with Gasteiger partial charge >= 0.3 is 5.97 Å². The predicted octanol–water partition coefficient (Wildman–Crippen LogP) is 4.86. The van der Waals surface area contributed by atoms with Crippen LogP contribution in [-0.2, 0) is 0 Å². The van der Waals surface area contributed by atoms with Gasteiger partial charge in [0, 0.05) is 5.56 Å². The lowest BCUT2D eigenvalue weighted by atomic mass is 10.1. The van der Waals surface area contributed by atoms with Gasteiger partial charge < -0.3 is 9.52 Å². The summed E-state index contributed by atoms with van der Waals surface area (Å²) in [5.74, 6) is -0.558. The van der Waals surface area contributed by atoms with Gasteiger partial charge in [0.05, 0.1) is 5.56 Å². The third kappa shape index (κ3) is 2.54. The summed E-state index contributed by atoms with van der Waals surface area (Å²) in [6, 6.07) is 22.5. The highest BCUT2D eigenvalue weighted by Gasteiger charge is 2.11. The van der Waals surface area contributed by atoms with Gasteiger partial charge in [-0.25, -0.2) is 9.78 Å². The maximum atomic E-state index is 11.1. The van der Waals surface area contributed by atoms with Crippen molar-refractivity contribution in [2.75, 3.05) is 0 Å². The fraction of sp³-hybridized carbons (Fsp3) is 0. The molecular weight excluding hydrogens is 302 g/mol. The van der Waals surface area contributed by atoms with Gasteiger partial charge in [0.15, 0.2) is 5.58 Å². The smallest absolute Gasteiger partial charge is 0.335 e. The Balaban J connectivity index is 1.79. The molecule has 4 aromatic rings. The normalized spacial score (nSPS) is 10.8. The zero-order valence-corrected chi connectivity index (χ0v) is 12.6. The van der Waals surface area contributed by atoms with Crippen molar-refractivity contribution in [3.05, 3.63) is 78.4 Å². The van der Waals surface area contributed by atoms with E-state index in [1.807, 2.05) is 48.5 Å². The van der Waals surface area contributed by atoms with Crippen LogP contribution in [0.3, 0.4) is 0 Å². The molecule has 0 unspecified atom stereocenters. The molecule has 0 radical (unpaired) electrons. The summed E-state index contributed by atoms with van der Waals surface area (Å²) in [4.78, 5) is 15.6. The van der Waals surface area contributed by atoms with E-state index in [0.29, 0.717) is 17.0 Å². The third-order valence-electron chi connectivity index (χ3n) is 3.85. The highest BCUT2D eigenvalue weighted by Crippen LogP contribution is 2.28. The summed E-state index contributed by atoms with van der Waals surface area (Å²) in [7, 11) is 0. The minimum Gasteiger partial charge on any atom is -0.478 e. The summed E-state index contributed by atoms with van der Waals surface area (Å²) in [5.41, 5.74) is 4.43. The minimum atomic E-state index is -0.973. The van der Waals surface area contributed by atoms with E-state index >= 15 is 0 Å². The topological polar surface area (TPSA) is 63.3 Å². The molecule has 0 fully saturated rings. The standard InChI is InChI=1S/C20H13NO3/c22-20(23)16-8-4-7-15(11-16)19-21-17-12-14(9-10-18(17)24-19)13-5-2-1-3-6-13/h1-12H,(H,22,23). The first-order valence-corrected chi connectivity index (χ1v) is 7.50. The van der Waals surface area contributed by atoms with E-state index in [1.54, 1.807) is 24.3 Å². The average Bonchev–Trinajstić information content (AvgIpc) is 3.06. The fourth-order valence-electron chi connectivity index (χ4n) is 2.65. The van der Waals surface area contributed by atoms with Crippen LogP contribution in [0, 0.1) is 0 Å². The van der Waals surface area contributed by atoms with Crippen LogP contribution in [-0.4, -0.2) is 16.1 Å². The number of aromatic nitrogens is 1. The average molecular weight is 315 g/mol. The molecule has 4 rings (SSSR count). The predicted molar refractivity (Wildman–Crippen MR) is 91.8 cm³/mol. The Hall–Kier alpha value is -3.40. The van der Waals surface area contributed by atoms with Gasteiger partial charge in [-0.05, 0) is 41.5 Å². The van der Waals surface area contributed by atoms with Crippen molar-refractivity contribution in [1.29, 1.82) is 0 Å². The number of oxazole rings is 1. The summed E-state index contributed by atoms with van der Waals surface area (Å²) in [6.07, 6.45) is 0. The summed E-state index contributed by atoms with van der Waals surface area (Å²) >= 11 is 0. The first-order chi connectivity index (χ1) is 11.7.